The van der Waals surface area contributed by atoms with Gasteiger partial charge in [0, 0.05) is 37.1 Å². The van der Waals surface area contributed by atoms with Crippen LogP contribution in [0.25, 0.3) is 0 Å². The molecule has 3 amide bonds. The molecule has 0 saturated heterocycles. The summed E-state index contributed by atoms with van der Waals surface area (Å²) < 4.78 is 1.84. The molecule has 2 N–H and O–H groups in total. The summed E-state index contributed by atoms with van der Waals surface area (Å²) in [5.74, 6) is 0.387. The highest BCUT2D eigenvalue weighted by molar-refractivity contribution is 6.04. The van der Waals surface area contributed by atoms with Gasteiger partial charge in [0.05, 0.1) is 11.9 Å². The maximum Gasteiger partial charge on any atom is 0.322 e. The summed E-state index contributed by atoms with van der Waals surface area (Å²) in [5, 5.41) is 10.1. The Balaban J connectivity index is 1.31. The number of nitrogens with one attached hydrogen (secondary N) is 2. The van der Waals surface area contributed by atoms with Crippen LogP contribution in [0, 0.1) is 5.92 Å². The molecule has 2 aromatic carbocycles. The highest BCUT2D eigenvalue weighted by atomic mass is 16.2. The lowest BCUT2D eigenvalue weighted by atomic mass is 10.1. The molecule has 0 radical (unpaired) electrons. The van der Waals surface area contributed by atoms with Crippen LogP contribution in [-0.2, 0) is 19.6 Å². The molecule has 160 valence electrons. The number of carbonyl (C=O) groups is 2. The van der Waals surface area contributed by atoms with Crippen LogP contribution in [-0.4, -0.2) is 26.6 Å². The molecule has 0 spiro atoms. The van der Waals surface area contributed by atoms with Crippen molar-refractivity contribution in [1.29, 1.82) is 0 Å². The molecule has 0 bridgehead atoms. The second-order valence-corrected chi connectivity index (χ2v) is 8.26. The molecule has 7 nitrogen and oxygen atoms in total. The number of hydrogen-bond donors (Lipinski definition) is 2. The van der Waals surface area contributed by atoms with Crippen molar-refractivity contribution >= 4 is 23.3 Å². The van der Waals surface area contributed by atoms with E-state index in [2.05, 4.69) is 29.6 Å². The summed E-state index contributed by atoms with van der Waals surface area (Å²) in [6.45, 7) is 6.37. The van der Waals surface area contributed by atoms with Crippen molar-refractivity contribution < 1.29 is 9.59 Å². The van der Waals surface area contributed by atoms with E-state index < -0.39 is 0 Å². The zero-order valence-electron chi connectivity index (χ0n) is 17.8. The van der Waals surface area contributed by atoms with Crippen LogP contribution in [0.15, 0.2) is 60.9 Å². The third kappa shape index (κ3) is 5.12. The van der Waals surface area contributed by atoms with Crippen molar-refractivity contribution in [3.8, 4) is 0 Å². The summed E-state index contributed by atoms with van der Waals surface area (Å²) >= 11 is 0. The van der Waals surface area contributed by atoms with E-state index in [0.29, 0.717) is 35.9 Å². The lowest BCUT2D eigenvalue weighted by Gasteiger charge is -2.16. The average molecular weight is 418 g/mol. The Hall–Kier alpha value is -3.61. The Morgan fingerprint density at radius 1 is 0.968 bits per heavy atom. The van der Waals surface area contributed by atoms with Crippen molar-refractivity contribution in [3.05, 3.63) is 77.6 Å². The molecule has 1 aliphatic heterocycles. The number of urea groups is 1. The van der Waals surface area contributed by atoms with Crippen LogP contribution < -0.4 is 10.6 Å². The topological polar surface area (TPSA) is 79.3 Å². The second kappa shape index (κ2) is 9.04. The fourth-order valence-electron chi connectivity index (χ4n) is 3.53. The third-order valence-corrected chi connectivity index (χ3v) is 5.35. The average Bonchev–Trinajstić information content (AvgIpc) is 3.39. The second-order valence-electron chi connectivity index (χ2n) is 8.26. The molecular weight excluding hydrogens is 390 g/mol. The molecule has 7 heteroatoms. The van der Waals surface area contributed by atoms with Crippen molar-refractivity contribution in [1.82, 2.24) is 14.7 Å². The first-order valence-corrected chi connectivity index (χ1v) is 10.5. The molecule has 4 rings (SSSR count). The smallest absolute Gasteiger partial charge is 0.319 e. The number of carbonyl (C=O) groups excluding carboxylic acids is 2. The zero-order chi connectivity index (χ0) is 21.8. The van der Waals surface area contributed by atoms with Gasteiger partial charge < -0.3 is 15.5 Å². The molecule has 31 heavy (non-hydrogen) atoms. The van der Waals surface area contributed by atoms with Gasteiger partial charge in [-0.05, 0) is 47.7 Å². The summed E-state index contributed by atoms with van der Waals surface area (Å²) in [4.78, 5) is 26.8. The fraction of sp³-hybridized carbons (Fsp3) is 0.292. The van der Waals surface area contributed by atoms with E-state index in [1.807, 2.05) is 35.1 Å². The predicted octanol–water partition coefficient (Wildman–Crippen LogP) is 4.73. The summed E-state index contributed by atoms with van der Waals surface area (Å²) in [6, 6.07) is 14.8. The van der Waals surface area contributed by atoms with E-state index in [1.165, 1.54) is 11.1 Å². The first-order valence-electron chi connectivity index (χ1n) is 10.5. The minimum Gasteiger partial charge on any atom is -0.319 e. The number of anilines is 2. The number of hydrogen-bond acceptors (Lipinski definition) is 3. The molecule has 0 saturated carbocycles. The lowest BCUT2D eigenvalue weighted by molar-refractivity contribution is 0.102. The molecule has 0 atom stereocenters. The van der Waals surface area contributed by atoms with Gasteiger partial charge in [0.2, 0.25) is 0 Å². The summed E-state index contributed by atoms with van der Waals surface area (Å²) in [6.07, 6.45) is 4.52. The standard InChI is InChI=1S/C24H27N5O2/c1-17(2)11-12-29-16-22(13-25-29)26-23(30)18-7-9-21(10-8-18)27-24(31)28-14-19-5-3-4-6-20(19)15-28/h3-10,13,16-17H,11-12,14-15H2,1-2H3,(H,26,30)(H,27,31). The van der Waals surface area contributed by atoms with Crippen LogP contribution in [0.5, 0.6) is 0 Å². The molecule has 0 aliphatic carbocycles. The van der Waals surface area contributed by atoms with Gasteiger partial charge in [-0.3, -0.25) is 9.48 Å². The Kier molecular flexibility index (Phi) is 6.02. The molecule has 2 heterocycles. The van der Waals surface area contributed by atoms with Crippen LogP contribution in [0.2, 0.25) is 0 Å². The fourth-order valence-corrected chi connectivity index (χ4v) is 3.53. The number of aromatic nitrogens is 2. The van der Waals surface area contributed by atoms with Crippen molar-refractivity contribution in [2.45, 2.75) is 39.9 Å². The van der Waals surface area contributed by atoms with Crippen LogP contribution in [0.3, 0.4) is 0 Å². The van der Waals surface area contributed by atoms with Crippen LogP contribution >= 0.6 is 0 Å². The third-order valence-electron chi connectivity index (χ3n) is 5.35. The van der Waals surface area contributed by atoms with Crippen molar-refractivity contribution in [3.63, 3.8) is 0 Å². The largest absolute Gasteiger partial charge is 0.322 e. The van der Waals surface area contributed by atoms with Gasteiger partial charge in [0.25, 0.3) is 5.91 Å². The number of amides is 3. The summed E-state index contributed by atoms with van der Waals surface area (Å²) in [7, 11) is 0. The van der Waals surface area contributed by atoms with Crippen LogP contribution in [0.4, 0.5) is 16.2 Å². The van der Waals surface area contributed by atoms with Crippen molar-refractivity contribution in [2.75, 3.05) is 10.6 Å². The van der Waals surface area contributed by atoms with E-state index >= 15 is 0 Å². The zero-order valence-corrected chi connectivity index (χ0v) is 17.8. The van der Waals surface area contributed by atoms with Crippen LogP contribution in [0.1, 0.15) is 41.8 Å². The summed E-state index contributed by atoms with van der Waals surface area (Å²) in [5.41, 5.74) is 4.19. The Labute approximate surface area is 182 Å². The number of nitrogens with zero attached hydrogens (tertiary/aromatic N) is 3. The Bertz CT molecular complexity index is 1050. The highest BCUT2D eigenvalue weighted by Gasteiger charge is 2.22. The minimum absolute atomic E-state index is 0.151. The lowest BCUT2D eigenvalue weighted by Crippen LogP contribution is -2.30. The molecule has 0 unspecified atom stereocenters. The van der Waals surface area contributed by atoms with Gasteiger partial charge >= 0.3 is 6.03 Å². The van der Waals surface area contributed by atoms with E-state index in [4.69, 9.17) is 0 Å². The normalized spacial score (nSPS) is 12.7. The van der Waals surface area contributed by atoms with E-state index in [1.54, 1.807) is 35.4 Å². The number of benzene rings is 2. The molecular formula is C24H27N5O2. The predicted molar refractivity (Wildman–Crippen MR) is 121 cm³/mol. The Morgan fingerprint density at radius 3 is 2.29 bits per heavy atom. The van der Waals surface area contributed by atoms with E-state index in [0.717, 1.165) is 13.0 Å². The molecule has 3 aromatic rings. The molecule has 1 aromatic heterocycles. The van der Waals surface area contributed by atoms with Gasteiger partial charge in [0.15, 0.2) is 0 Å². The molecule has 1 aliphatic rings. The number of rotatable bonds is 6. The first-order chi connectivity index (χ1) is 15.0. The van der Waals surface area contributed by atoms with Gasteiger partial charge in [-0.25, -0.2) is 4.79 Å². The van der Waals surface area contributed by atoms with Gasteiger partial charge in [0.1, 0.15) is 0 Å². The van der Waals surface area contributed by atoms with E-state index in [-0.39, 0.29) is 11.9 Å². The monoisotopic (exact) mass is 417 g/mol. The van der Waals surface area contributed by atoms with E-state index in [9.17, 15) is 9.59 Å². The quantitative estimate of drug-likeness (QED) is 0.609. The minimum atomic E-state index is -0.212. The number of fused-ring (bicyclic) bond motifs is 1. The maximum absolute atomic E-state index is 12.6. The van der Waals surface area contributed by atoms with Gasteiger partial charge in [-0.2, -0.15) is 5.10 Å². The first kappa shape index (κ1) is 20.7. The highest BCUT2D eigenvalue weighted by Crippen LogP contribution is 2.23. The van der Waals surface area contributed by atoms with Gasteiger partial charge in [-0.1, -0.05) is 38.1 Å². The van der Waals surface area contributed by atoms with Crippen molar-refractivity contribution in [2.24, 2.45) is 5.92 Å². The molecule has 0 fully saturated rings. The number of aryl methyl sites for hydroxylation is 1. The maximum atomic E-state index is 12.6. The van der Waals surface area contributed by atoms with Gasteiger partial charge in [-0.15, -0.1) is 0 Å². The SMILES string of the molecule is CC(C)CCn1cc(NC(=O)c2ccc(NC(=O)N3Cc4ccccc4C3)cc2)cn1. The Morgan fingerprint density at radius 2 is 1.65 bits per heavy atom.